The molecule has 4 nitrogen and oxygen atoms in total. The van der Waals surface area contributed by atoms with Crippen LogP contribution < -0.4 is 11.1 Å². The lowest BCUT2D eigenvalue weighted by Gasteiger charge is -2.09. The molecule has 16 heavy (non-hydrogen) atoms. The molecule has 0 saturated heterocycles. The molecule has 0 aliphatic carbocycles. The van der Waals surface area contributed by atoms with Crippen molar-refractivity contribution in [2.24, 2.45) is 5.73 Å². The molecule has 1 aliphatic rings. The lowest BCUT2D eigenvalue weighted by molar-refractivity contribution is -0.114. The van der Waals surface area contributed by atoms with E-state index in [9.17, 15) is 4.79 Å². The highest BCUT2D eigenvalue weighted by atomic mass is 32.2. The van der Waals surface area contributed by atoms with Crippen molar-refractivity contribution in [1.29, 1.82) is 0 Å². The number of rotatable bonds is 7. The number of nitrogens with two attached hydrogens (primary N) is 1. The van der Waals surface area contributed by atoms with Crippen LogP contribution in [0.2, 0.25) is 0 Å². The minimum atomic E-state index is -0.412. The van der Waals surface area contributed by atoms with Crippen molar-refractivity contribution in [2.75, 3.05) is 6.61 Å². The highest BCUT2D eigenvalue weighted by Crippen LogP contribution is 2.30. The van der Waals surface area contributed by atoms with Gasteiger partial charge in [0.05, 0.1) is 12.0 Å². The van der Waals surface area contributed by atoms with Crippen LogP contribution in [0.1, 0.15) is 39.5 Å². The summed E-state index contributed by atoms with van der Waals surface area (Å²) in [5.74, 6) is 0.145. The van der Waals surface area contributed by atoms with Gasteiger partial charge >= 0.3 is 0 Å². The molecule has 92 valence electrons. The molecule has 0 fully saturated rings. The molecule has 0 aromatic heterocycles. The summed E-state index contributed by atoms with van der Waals surface area (Å²) in [7, 11) is 0. The number of ether oxygens (including phenoxy) is 1. The Labute approximate surface area is 101 Å². The zero-order valence-electron chi connectivity index (χ0n) is 9.91. The van der Waals surface area contributed by atoms with Gasteiger partial charge in [0.25, 0.3) is 5.91 Å². The van der Waals surface area contributed by atoms with Gasteiger partial charge in [-0.2, -0.15) is 0 Å². The maximum atomic E-state index is 11.1. The van der Waals surface area contributed by atoms with E-state index in [0.717, 1.165) is 6.42 Å². The minimum Gasteiger partial charge on any atom is -0.478 e. The SMILES string of the molecule is CCCCCCOC1=C(C(N)=O)SC(C)N1. The van der Waals surface area contributed by atoms with Gasteiger partial charge in [0, 0.05) is 0 Å². The Morgan fingerprint density at radius 2 is 2.25 bits per heavy atom. The number of carbonyl (C=O) groups excluding carboxylic acids is 1. The van der Waals surface area contributed by atoms with Crippen molar-refractivity contribution in [2.45, 2.75) is 44.9 Å². The summed E-state index contributed by atoms with van der Waals surface area (Å²) in [5, 5.41) is 3.26. The van der Waals surface area contributed by atoms with Crippen molar-refractivity contribution in [3.05, 3.63) is 10.8 Å². The molecule has 0 bridgehead atoms. The van der Waals surface area contributed by atoms with Crippen LogP contribution in [0, 0.1) is 0 Å². The number of carbonyl (C=O) groups is 1. The Hall–Kier alpha value is -0.840. The molecule has 1 aliphatic heterocycles. The first-order valence-corrected chi connectivity index (χ1v) is 6.63. The first kappa shape index (κ1) is 13.2. The third-order valence-electron chi connectivity index (χ3n) is 2.30. The second kappa shape index (κ2) is 6.68. The Morgan fingerprint density at radius 3 is 2.88 bits per heavy atom. The van der Waals surface area contributed by atoms with Crippen molar-refractivity contribution in [1.82, 2.24) is 5.32 Å². The minimum absolute atomic E-state index is 0.160. The van der Waals surface area contributed by atoms with Gasteiger partial charge < -0.3 is 15.8 Å². The average Bonchev–Trinajstić information content (AvgIpc) is 2.59. The van der Waals surface area contributed by atoms with E-state index in [2.05, 4.69) is 12.2 Å². The Balaban J connectivity index is 2.33. The van der Waals surface area contributed by atoms with Crippen LogP contribution in [0.15, 0.2) is 10.8 Å². The third-order valence-corrected chi connectivity index (χ3v) is 3.40. The molecule has 0 spiro atoms. The monoisotopic (exact) mass is 244 g/mol. The molecule has 0 aromatic rings. The Morgan fingerprint density at radius 1 is 1.50 bits per heavy atom. The van der Waals surface area contributed by atoms with E-state index in [-0.39, 0.29) is 5.37 Å². The van der Waals surface area contributed by atoms with Gasteiger partial charge in [0.1, 0.15) is 4.91 Å². The van der Waals surface area contributed by atoms with Crippen molar-refractivity contribution < 1.29 is 9.53 Å². The van der Waals surface area contributed by atoms with Crippen LogP contribution in [0.25, 0.3) is 0 Å². The fourth-order valence-electron chi connectivity index (χ4n) is 1.49. The average molecular weight is 244 g/mol. The first-order valence-electron chi connectivity index (χ1n) is 5.75. The second-order valence-corrected chi connectivity index (χ2v) is 5.19. The highest BCUT2D eigenvalue weighted by Gasteiger charge is 2.25. The summed E-state index contributed by atoms with van der Waals surface area (Å²) < 4.78 is 5.54. The van der Waals surface area contributed by atoms with Crippen molar-refractivity contribution in [3.63, 3.8) is 0 Å². The number of hydrogen-bond acceptors (Lipinski definition) is 4. The Kier molecular flexibility index (Phi) is 5.52. The summed E-state index contributed by atoms with van der Waals surface area (Å²) in [6, 6.07) is 0. The molecule has 1 heterocycles. The quantitative estimate of drug-likeness (QED) is 0.672. The number of primary amides is 1. The molecule has 0 radical (unpaired) electrons. The van der Waals surface area contributed by atoms with Gasteiger partial charge in [-0.1, -0.05) is 37.9 Å². The van der Waals surface area contributed by atoms with E-state index < -0.39 is 5.91 Å². The summed E-state index contributed by atoms with van der Waals surface area (Å²) in [5.41, 5.74) is 5.26. The number of thioether (sulfide) groups is 1. The Bertz CT molecular complexity index is 279. The molecular weight excluding hydrogens is 224 g/mol. The smallest absolute Gasteiger partial charge is 0.260 e. The fraction of sp³-hybridized carbons (Fsp3) is 0.727. The van der Waals surface area contributed by atoms with Crippen molar-refractivity contribution >= 4 is 17.7 Å². The molecule has 1 amide bonds. The van der Waals surface area contributed by atoms with Crippen LogP contribution in [-0.4, -0.2) is 17.9 Å². The molecule has 0 aromatic carbocycles. The highest BCUT2D eigenvalue weighted by molar-refractivity contribution is 8.04. The van der Waals surface area contributed by atoms with E-state index in [1.807, 2.05) is 6.92 Å². The fourth-order valence-corrected chi connectivity index (χ4v) is 2.35. The van der Waals surface area contributed by atoms with E-state index in [1.54, 1.807) is 0 Å². The molecule has 1 unspecified atom stereocenters. The van der Waals surface area contributed by atoms with E-state index in [1.165, 1.54) is 31.0 Å². The summed E-state index contributed by atoms with van der Waals surface area (Å²) in [6.07, 6.45) is 4.62. The predicted molar refractivity (Wildman–Crippen MR) is 66.5 cm³/mol. The molecule has 1 rings (SSSR count). The maximum absolute atomic E-state index is 11.1. The van der Waals surface area contributed by atoms with Gasteiger partial charge in [-0.05, 0) is 13.3 Å². The van der Waals surface area contributed by atoms with Crippen LogP contribution in [0.3, 0.4) is 0 Å². The van der Waals surface area contributed by atoms with Crippen molar-refractivity contribution in [3.8, 4) is 0 Å². The zero-order chi connectivity index (χ0) is 12.0. The summed E-state index contributed by atoms with van der Waals surface area (Å²) in [6.45, 7) is 4.79. The van der Waals surface area contributed by atoms with Crippen LogP contribution in [0.4, 0.5) is 0 Å². The molecule has 3 N–H and O–H groups in total. The predicted octanol–water partition coefficient (Wildman–Crippen LogP) is 1.92. The number of nitrogens with one attached hydrogen (secondary N) is 1. The lowest BCUT2D eigenvalue weighted by Crippen LogP contribution is -2.19. The van der Waals surface area contributed by atoms with E-state index >= 15 is 0 Å². The summed E-state index contributed by atoms with van der Waals surface area (Å²) in [4.78, 5) is 11.6. The second-order valence-electron chi connectivity index (χ2n) is 3.84. The number of amides is 1. The number of unbranched alkanes of at least 4 members (excludes halogenated alkanes) is 3. The van der Waals surface area contributed by atoms with Crippen LogP contribution >= 0.6 is 11.8 Å². The van der Waals surface area contributed by atoms with Crippen LogP contribution in [0.5, 0.6) is 0 Å². The maximum Gasteiger partial charge on any atom is 0.260 e. The van der Waals surface area contributed by atoms with Gasteiger partial charge in [0.2, 0.25) is 5.88 Å². The standard InChI is InChI=1S/C11H20N2O2S/c1-3-4-5-6-7-15-11-9(10(12)14)16-8(2)13-11/h8,13H,3-7H2,1-2H3,(H2,12,14). The largest absolute Gasteiger partial charge is 0.478 e. The zero-order valence-corrected chi connectivity index (χ0v) is 10.7. The number of hydrogen-bond donors (Lipinski definition) is 2. The molecule has 5 heteroatoms. The van der Waals surface area contributed by atoms with Gasteiger partial charge in [-0.15, -0.1) is 0 Å². The van der Waals surface area contributed by atoms with Gasteiger partial charge in [-0.3, -0.25) is 4.79 Å². The first-order chi connectivity index (χ1) is 7.65. The van der Waals surface area contributed by atoms with E-state index in [4.69, 9.17) is 10.5 Å². The van der Waals surface area contributed by atoms with Gasteiger partial charge in [0.15, 0.2) is 0 Å². The van der Waals surface area contributed by atoms with Gasteiger partial charge in [-0.25, -0.2) is 0 Å². The molecular formula is C11H20N2O2S. The molecule has 1 atom stereocenters. The lowest BCUT2D eigenvalue weighted by atomic mass is 10.2. The topological polar surface area (TPSA) is 64.3 Å². The molecule has 0 saturated carbocycles. The summed E-state index contributed by atoms with van der Waals surface area (Å²) >= 11 is 1.42. The normalized spacial score (nSPS) is 19.8. The van der Waals surface area contributed by atoms with E-state index in [0.29, 0.717) is 17.4 Å². The van der Waals surface area contributed by atoms with Crippen LogP contribution in [-0.2, 0) is 9.53 Å². The third kappa shape index (κ3) is 3.96.